The van der Waals surface area contributed by atoms with Gasteiger partial charge in [0.05, 0.1) is 10.6 Å². The lowest BCUT2D eigenvalue weighted by Gasteiger charge is -2.04. The zero-order chi connectivity index (χ0) is 13.0. The van der Waals surface area contributed by atoms with Gasteiger partial charge in [0.25, 0.3) is 0 Å². The molecule has 4 nitrogen and oxygen atoms in total. The SMILES string of the molecule is CCCC(=O)OC(=O)c1cc(Cl)c(Cl)nc1Cl. The number of hydrogen-bond acceptors (Lipinski definition) is 4. The average molecular weight is 297 g/mol. The van der Waals surface area contributed by atoms with Crippen LogP contribution in [0, 0.1) is 0 Å². The molecule has 0 aliphatic carbocycles. The molecule has 0 saturated heterocycles. The van der Waals surface area contributed by atoms with Gasteiger partial charge in [-0.15, -0.1) is 0 Å². The predicted octanol–water partition coefficient (Wildman–Crippen LogP) is 3.53. The van der Waals surface area contributed by atoms with Crippen LogP contribution in [0.5, 0.6) is 0 Å². The highest BCUT2D eigenvalue weighted by molar-refractivity contribution is 6.42. The van der Waals surface area contributed by atoms with Gasteiger partial charge in [-0.2, -0.15) is 0 Å². The fraction of sp³-hybridized carbons (Fsp3) is 0.300. The standard InChI is InChI=1S/C10H8Cl3NO3/c1-2-3-7(15)17-10(16)5-4-6(11)9(13)14-8(5)12/h4H,2-3H2,1H3. The maximum Gasteiger partial charge on any atom is 0.348 e. The molecule has 0 N–H and O–H groups in total. The average Bonchev–Trinajstić information content (AvgIpc) is 2.23. The second-order valence-electron chi connectivity index (χ2n) is 3.11. The molecule has 1 aromatic heterocycles. The molecule has 7 heteroatoms. The summed E-state index contributed by atoms with van der Waals surface area (Å²) in [4.78, 5) is 26.3. The fourth-order valence-electron chi connectivity index (χ4n) is 1.00. The molecule has 0 amide bonds. The second kappa shape index (κ2) is 6.19. The van der Waals surface area contributed by atoms with Crippen LogP contribution in [0.1, 0.15) is 30.1 Å². The van der Waals surface area contributed by atoms with E-state index in [1.165, 1.54) is 6.07 Å². The first-order valence-corrected chi connectivity index (χ1v) is 5.85. The van der Waals surface area contributed by atoms with Crippen molar-refractivity contribution in [1.29, 1.82) is 0 Å². The van der Waals surface area contributed by atoms with Gasteiger partial charge < -0.3 is 4.74 Å². The molecular weight excluding hydrogens is 288 g/mol. The molecule has 0 aromatic carbocycles. The molecule has 0 radical (unpaired) electrons. The zero-order valence-corrected chi connectivity index (χ0v) is 11.1. The first-order chi connectivity index (χ1) is 7.95. The van der Waals surface area contributed by atoms with Crippen molar-refractivity contribution in [3.8, 4) is 0 Å². The first kappa shape index (κ1) is 14.2. The van der Waals surface area contributed by atoms with Crippen LogP contribution in [-0.4, -0.2) is 16.9 Å². The topological polar surface area (TPSA) is 56.3 Å². The molecular formula is C10H8Cl3NO3. The van der Waals surface area contributed by atoms with Crippen LogP contribution in [0.4, 0.5) is 0 Å². The van der Waals surface area contributed by atoms with Gasteiger partial charge in [0.2, 0.25) is 0 Å². The molecule has 0 aliphatic rings. The highest BCUT2D eigenvalue weighted by atomic mass is 35.5. The smallest absolute Gasteiger partial charge is 0.348 e. The monoisotopic (exact) mass is 295 g/mol. The summed E-state index contributed by atoms with van der Waals surface area (Å²) in [6, 6.07) is 1.21. The lowest BCUT2D eigenvalue weighted by Crippen LogP contribution is -2.13. The zero-order valence-electron chi connectivity index (χ0n) is 8.80. The Balaban J connectivity index is 2.89. The fourth-order valence-corrected chi connectivity index (χ4v) is 1.55. The molecule has 0 saturated carbocycles. The van der Waals surface area contributed by atoms with E-state index in [9.17, 15) is 9.59 Å². The first-order valence-electron chi connectivity index (χ1n) is 4.72. The van der Waals surface area contributed by atoms with E-state index < -0.39 is 11.9 Å². The lowest BCUT2D eigenvalue weighted by molar-refractivity contribution is -0.137. The number of aromatic nitrogens is 1. The van der Waals surface area contributed by atoms with Crippen LogP contribution < -0.4 is 0 Å². The number of halogens is 3. The maximum atomic E-state index is 11.5. The molecule has 0 fully saturated rings. The normalized spacial score (nSPS) is 10.1. The Labute approximate surface area is 113 Å². The van der Waals surface area contributed by atoms with Gasteiger partial charge in [0.15, 0.2) is 0 Å². The van der Waals surface area contributed by atoms with Crippen LogP contribution in [0.2, 0.25) is 15.3 Å². The van der Waals surface area contributed by atoms with Gasteiger partial charge in [-0.3, -0.25) is 4.79 Å². The number of esters is 2. The Hall–Kier alpha value is -0.840. The molecule has 0 aliphatic heterocycles. The Morgan fingerprint density at radius 2 is 1.94 bits per heavy atom. The van der Waals surface area contributed by atoms with Gasteiger partial charge in [0, 0.05) is 6.42 Å². The Morgan fingerprint density at radius 3 is 2.53 bits per heavy atom. The van der Waals surface area contributed by atoms with Gasteiger partial charge >= 0.3 is 11.9 Å². The predicted molar refractivity (Wildman–Crippen MR) is 64.6 cm³/mol. The quantitative estimate of drug-likeness (QED) is 0.486. The Morgan fingerprint density at radius 1 is 1.29 bits per heavy atom. The van der Waals surface area contributed by atoms with E-state index in [2.05, 4.69) is 9.72 Å². The summed E-state index contributed by atoms with van der Waals surface area (Å²) in [7, 11) is 0. The number of nitrogens with zero attached hydrogens (tertiary/aromatic N) is 1. The largest absolute Gasteiger partial charge is 0.389 e. The van der Waals surface area contributed by atoms with Crippen LogP contribution in [0.15, 0.2) is 6.07 Å². The van der Waals surface area contributed by atoms with Crippen molar-refractivity contribution in [3.05, 3.63) is 27.0 Å². The van der Waals surface area contributed by atoms with E-state index in [1.807, 2.05) is 0 Å². The number of pyridine rings is 1. The van der Waals surface area contributed by atoms with Crippen molar-refractivity contribution >= 4 is 46.7 Å². The van der Waals surface area contributed by atoms with Gasteiger partial charge in [0.1, 0.15) is 10.3 Å². The number of rotatable bonds is 3. The minimum absolute atomic E-state index is 0.0203. The lowest BCUT2D eigenvalue weighted by atomic mass is 10.3. The summed E-state index contributed by atoms with van der Waals surface area (Å²) in [5, 5.41) is -0.118. The molecule has 0 unspecified atom stereocenters. The molecule has 92 valence electrons. The summed E-state index contributed by atoms with van der Waals surface area (Å²) in [5.41, 5.74) is -0.0921. The van der Waals surface area contributed by atoms with Crippen LogP contribution in [-0.2, 0) is 9.53 Å². The van der Waals surface area contributed by atoms with Crippen LogP contribution in [0.3, 0.4) is 0 Å². The van der Waals surface area contributed by atoms with Crippen LogP contribution >= 0.6 is 34.8 Å². The van der Waals surface area contributed by atoms with E-state index in [0.29, 0.717) is 6.42 Å². The second-order valence-corrected chi connectivity index (χ2v) is 4.23. The molecule has 0 spiro atoms. The minimum Gasteiger partial charge on any atom is -0.389 e. The van der Waals surface area contributed by atoms with E-state index >= 15 is 0 Å². The number of carbonyl (C=O) groups excluding carboxylic acids is 2. The van der Waals surface area contributed by atoms with Gasteiger partial charge in [-0.05, 0) is 12.5 Å². The Kier molecular flexibility index (Phi) is 5.18. The van der Waals surface area contributed by atoms with Crippen LogP contribution in [0.25, 0.3) is 0 Å². The third-order valence-corrected chi connectivity index (χ3v) is 2.73. The van der Waals surface area contributed by atoms with E-state index in [0.717, 1.165) is 0 Å². The molecule has 17 heavy (non-hydrogen) atoms. The third-order valence-electron chi connectivity index (χ3n) is 1.77. The van der Waals surface area contributed by atoms with Crippen molar-refractivity contribution in [1.82, 2.24) is 4.98 Å². The van der Waals surface area contributed by atoms with E-state index in [1.54, 1.807) is 6.92 Å². The number of carbonyl (C=O) groups is 2. The van der Waals surface area contributed by atoms with Gasteiger partial charge in [-0.25, -0.2) is 9.78 Å². The van der Waals surface area contributed by atoms with Crippen molar-refractivity contribution in [2.75, 3.05) is 0 Å². The number of ether oxygens (including phenoxy) is 1. The molecule has 1 rings (SSSR count). The van der Waals surface area contributed by atoms with Crippen molar-refractivity contribution in [3.63, 3.8) is 0 Å². The molecule has 0 bridgehead atoms. The van der Waals surface area contributed by atoms with E-state index in [-0.39, 0.29) is 27.3 Å². The van der Waals surface area contributed by atoms with E-state index in [4.69, 9.17) is 34.8 Å². The highest BCUT2D eigenvalue weighted by Crippen LogP contribution is 2.25. The molecule has 0 atom stereocenters. The molecule has 1 heterocycles. The Bertz CT molecular complexity index is 462. The third kappa shape index (κ3) is 3.84. The highest BCUT2D eigenvalue weighted by Gasteiger charge is 2.18. The summed E-state index contributed by atoms with van der Waals surface area (Å²) >= 11 is 17.0. The molecule has 1 aromatic rings. The van der Waals surface area contributed by atoms with Crippen molar-refractivity contribution in [2.45, 2.75) is 19.8 Å². The summed E-state index contributed by atoms with van der Waals surface area (Å²) < 4.78 is 4.55. The summed E-state index contributed by atoms with van der Waals surface area (Å²) in [5.74, 6) is -1.51. The van der Waals surface area contributed by atoms with Crippen molar-refractivity contribution < 1.29 is 14.3 Å². The summed E-state index contributed by atoms with van der Waals surface area (Å²) in [6.07, 6.45) is 0.734. The number of hydrogen-bond donors (Lipinski definition) is 0. The van der Waals surface area contributed by atoms with Gasteiger partial charge in [-0.1, -0.05) is 41.7 Å². The maximum absolute atomic E-state index is 11.5. The van der Waals surface area contributed by atoms with Crippen molar-refractivity contribution in [2.24, 2.45) is 0 Å². The minimum atomic E-state index is -0.889. The summed E-state index contributed by atoms with van der Waals surface area (Å²) in [6.45, 7) is 1.79.